The van der Waals surface area contributed by atoms with E-state index in [-0.39, 0.29) is 30.6 Å². The molecule has 1 aromatic carbocycles. The Morgan fingerprint density at radius 3 is 2.08 bits per heavy atom. The second kappa shape index (κ2) is 7.76. The smallest absolute Gasteiger partial charge is 0.356 e. The average Bonchev–Trinajstić information content (AvgIpc) is 2.49. The molecule has 0 unspecified atom stereocenters. The number of hydrogen-bond donors (Lipinski definition) is 0. The highest BCUT2D eigenvalue weighted by Crippen LogP contribution is 2.37. The van der Waals surface area contributed by atoms with Crippen LogP contribution in [0.5, 0.6) is 0 Å². The van der Waals surface area contributed by atoms with Gasteiger partial charge in [0.1, 0.15) is 5.56 Å². The average molecular weight is 339 g/mol. The van der Waals surface area contributed by atoms with Gasteiger partial charge in [-0.1, -0.05) is 6.58 Å². The van der Waals surface area contributed by atoms with Crippen LogP contribution >= 0.6 is 0 Å². The number of carbonyl (C=O) groups excluding carboxylic acids is 1. The molecule has 11 nitrogen and oxygen atoms in total. The van der Waals surface area contributed by atoms with Crippen molar-refractivity contribution in [2.24, 2.45) is 0 Å². The molecule has 0 heterocycles. The lowest BCUT2D eigenvalue weighted by Crippen LogP contribution is -2.09. The summed E-state index contributed by atoms with van der Waals surface area (Å²) in [4.78, 5) is 41.4. The third-order valence-corrected chi connectivity index (χ3v) is 2.97. The second-order valence-electron chi connectivity index (χ2n) is 4.72. The first-order valence-corrected chi connectivity index (χ1v) is 6.58. The van der Waals surface area contributed by atoms with Gasteiger partial charge in [-0.3, -0.25) is 30.3 Å². The number of esters is 1. The lowest BCUT2D eigenvalue weighted by atomic mass is 10.0. The summed E-state index contributed by atoms with van der Waals surface area (Å²) in [6, 6.07) is 1.57. The van der Waals surface area contributed by atoms with E-state index in [9.17, 15) is 35.1 Å². The van der Waals surface area contributed by atoms with Crippen LogP contribution in [-0.2, 0) is 16.0 Å². The highest BCUT2D eigenvalue weighted by atomic mass is 16.6. The molecule has 0 N–H and O–H groups in total. The van der Waals surface area contributed by atoms with Gasteiger partial charge < -0.3 is 4.74 Å². The highest BCUT2D eigenvalue weighted by Gasteiger charge is 2.34. The third-order valence-electron chi connectivity index (χ3n) is 2.97. The minimum Gasteiger partial charge on any atom is -0.462 e. The van der Waals surface area contributed by atoms with Crippen molar-refractivity contribution in [1.29, 1.82) is 0 Å². The van der Waals surface area contributed by atoms with E-state index in [0.29, 0.717) is 0 Å². The van der Waals surface area contributed by atoms with Gasteiger partial charge in [0.05, 0.1) is 21.4 Å². The topological polar surface area (TPSA) is 156 Å². The van der Waals surface area contributed by atoms with E-state index < -0.39 is 37.8 Å². The molecule has 128 valence electrons. The van der Waals surface area contributed by atoms with Gasteiger partial charge in [0, 0.05) is 17.7 Å². The van der Waals surface area contributed by atoms with Crippen LogP contribution in [0.2, 0.25) is 0 Å². The molecule has 0 aliphatic rings. The maximum Gasteiger partial charge on any atom is 0.356 e. The molecule has 0 fully saturated rings. The van der Waals surface area contributed by atoms with Crippen molar-refractivity contribution in [2.45, 2.75) is 19.8 Å². The Kier molecular flexibility index (Phi) is 6.04. The van der Waals surface area contributed by atoms with Gasteiger partial charge >= 0.3 is 17.3 Å². The van der Waals surface area contributed by atoms with Crippen molar-refractivity contribution in [3.05, 3.63) is 60.2 Å². The summed E-state index contributed by atoms with van der Waals surface area (Å²) in [5.41, 5.74) is -2.59. The Morgan fingerprint density at radius 1 is 1.08 bits per heavy atom. The van der Waals surface area contributed by atoms with Crippen LogP contribution in [-0.4, -0.2) is 27.3 Å². The summed E-state index contributed by atoms with van der Waals surface area (Å²) in [6.45, 7) is 4.63. The molecule has 0 atom stereocenters. The van der Waals surface area contributed by atoms with Crippen LogP contribution < -0.4 is 0 Å². The number of ether oxygens (including phenoxy) is 1. The van der Waals surface area contributed by atoms with Gasteiger partial charge in [-0.2, -0.15) is 0 Å². The number of nitro groups is 3. The fraction of sp³-hybridized carbons (Fsp3) is 0.308. The first kappa shape index (κ1) is 18.7. The first-order valence-electron chi connectivity index (χ1n) is 6.58. The number of rotatable bonds is 8. The monoisotopic (exact) mass is 339 g/mol. The molecule has 0 spiro atoms. The van der Waals surface area contributed by atoms with E-state index in [1.807, 2.05) is 0 Å². The Bertz CT molecular complexity index is 728. The normalized spacial score (nSPS) is 10.0. The molecule has 0 saturated heterocycles. The molecular formula is C13H13N3O8. The van der Waals surface area contributed by atoms with Crippen LogP contribution in [0.25, 0.3) is 0 Å². The molecule has 0 bridgehead atoms. The Morgan fingerprint density at radius 2 is 1.62 bits per heavy atom. The van der Waals surface area contributed by atoms with Crippen LogP contribution in [0.3, 0.4) is 0 Å². The predicted molar refractivity (Wildman–Crippen MR) is 80.5 cm³/mol. The summed E-state index contributed by atoms with van der Waals surface area (Å²) in [5.74, 6) is -0.668. The van der Waals surface area contributed by atoms with Crippen LogP contribution in [0.15, 0.2) is 24.3 Å². The quantitative estimate of drug-likeness (QED) is 0.230. The van der Waals surface area contributed by atoms with E-state index in [2.05, 4.69) is 6.58 Å². The van der Waals surface area contributed by atoms with Crippen LogP contribution in [0, 0.1) is 30.3 Å². The zero-order chi connectivity index (χ0) is 18.4. The van der Waals surface area contributed by atoms with Gasteiger partial charge in [-0.25, -0.2) is 4.79 Å². The molecule has 1 aromatic rings. The molecular weight excluding hydrogens is 326 g/mol. The molecule has 24 heavy (non-hydrogen) atoms. The molecule has 0 radical (unpaired) electrons. The minimum absolute atomic E-state index is 0.0157. The van der Waals surface area contributed by atoms with Gasteiger partial charge in [0.15, 0.2) is 0 Å². The van der Waals surface area contributed by atoms with Crippen molar-refractivity contribution >= 4 is 23.0 Å². The lowest BCUT2D eigenvalue weighted by molar-refractivity contribution is -0.425. The summed E-state index contributed by atoms with van der Waals surface area (Å²) >= 11 is 0. The van der Waals surface area contributed by atoms with E-state index in [1.165, 1.54) is 6.92 Å². The fourth-order valence-corrected chi connectivity index (χ4v) is 1.92. The summed E-state index contributed by atoms with van der Waals surface area (Å²) in [6.07, 6.45) is -0.223. The molecule has 11 heteroatoms. The van der Waals surface area contributed by atoms with Crippen molar-refractivity contribution in [2.75, 3.05) is 6.61 Å². The SMILES string of the molecule is C=C(C)C(=O)OCCCc1c([N+](=O)[O-])ccc([N+](=O)[O-])c1[N+](=O)[O-]. The van der Waals surface area contributed by atoms with Gasteiger partial charge in [0.2, 0.25) is 0 Å². The maximum atomic E-state index is 11.2. The molecule has 0 aromatic heterocycles. The summed E-state index contributed by atoms with van der Waals surface area (Å²) < 4.78 is 4.79. The lowest BCUT2D eigenvalue weighted by Gasteiger charge is -2.06. The Labute approximate surface area is 135 Å². The van der Waals surface area contributed by atoms with Crippen molar-refractivity contribution in [3.63, 3.8) is 0 Å². The van der Waals surface area contributed by atoms with E-state index in [1.54, 1.807) is 0 Å². The van der Waals surface area contributed by atoms with Crippen molar-refractivity contribution in [3.8, 4) is 0 Å². The fourth-order valence-electron chi connectivity index (χ4n) is 1.92. The molecule has 0 aliphatic carbocycles. The Balaban J connectivity index is 3.13. The van der Waals surface area contributed by atoms with Crippen molar-refractivity contribution < 1.29 is 24.3 Å². The van der Waals surface area contributed by atoms with Gasteiger partial charge in [-0.05, 0) is 19.8 Å². The van der Waals surface area contributed by atoms with Crippen molar-refractivity contribution in [1.82, 2.24) is 0 Å². The zero-order valence-electron chi connectivity index (χ0n) is 12.6. The van der Waals surface area contributed by atoms with E-state index >= 15 is 0 Å². The molecule has 0 saturated carbocycles. The predicted octanol–water partition coefficient (Wildman–Crippen LogP) is 2.46. The third kappa shape index (κ3) is 4.32. The molecule has 0 aliphatic heterocycles. The standard InChI is InChI=1S/C13H13N3O8/c1-8(2)13(17)24-7-3-4-9-10(14(18)19)5-6-11(15(20)21)12(9)16(22)23/h5-6H,1,3-4,7H2,2H3. The Hall–Kier alpha value is -3.37. The first-order chi connectivity index (χ1) is 11.2. The van der Waals surface area contributed by atoms with E-state index in [4.69, 9.17) is 4.74 Å². The van der Waals surface area contributed by atoms with Crippen LogP contribution in [0.1, 0.15) is 18.9 Å². The summed E-state index contributed by atoms with van der Waals surface area (Å²) in [7, 11) is 0. The van der Waals surface area contributed by atoms with E-state index in [0.717, 1.165) is 12.1 Å². The largest absolute Gasteiger partial charge is 0.462 e. The molecule has 0 amide bonds. The van der Waals surface area contributed by atoms with Gasteiger partial charge in [-0.15, -0.1) is 0 Å². The second-order valence-corrected chi connectivity index (χ2v) is 4.72. The number of benzene rings is 1. The van der Waals surface area contributed by atoms with Crippen LogP contribution in [0.4, 0.5) is 17.1 Å². The zero-order valence-corrected chi connectivity index (χ0v) is 12.6. The number of hydrogen-bond acceptors (Lipinski definition) is 8. The number of carbonyl (C=O) groups is 1. The summed E-state index contributed by atoms with van der Waals surface area (Å²) in [5, 5.41) is 33.1. The minimum atomic E-state index is -1.03. The maximum absolute atomic E-state index is 11.2. The number of nitrogens with zero attached hydrogens (tertiary/aromatic N) is 3. The highest BCUT2D eigenvalue weighted by molar-refractivity contribution is 5.86. The number of nitro benzene ring substituents is 3. The molecule has 1 rings (SSSR count). The van der Waals surface area contributed by atoms with Gasteiger partial charge in [0.25, 0.3) is 5.69 Å².